The Morgan fingerprint density at radius 1 is 1.00 bits per heavy atom. The predicted molar refractivity (Wildman–Crippen MR) is 101 cm³/mol. The Bertz CT molecular complexity index is 797. The van der Waals surface area contributed by atoms with Crippen LogP contribution in [0.25, 0.3) is 0 Å². The minimum absolute atomic E-state index is 0.0420. The highest BCUT2D eigenvalue weighted by Gasteiger charge is 2.23. The molecule has 2 aliphatic rings. The average Bonchev–Trinajstić information content (AvgIpc) is 3.35. The third-order valence-electron chi connectivity index (χ3n) is 5.48. The second-order valence-electron chi connectivity index (χ2n) is 7.52. The lowest BCUT2D eigenvalue weighted by Crippen LogP contribution is -2.49. The van der Waals surface area contributed by atoms with Gasteiger partial charge in [0.25, 0.3) is 0 Å². The topological polar surface area (TPSA) is 70.4 Å². The summed E-state index contributed by atoms with van der Waals surface area (Å²) in [6, 6.07) is 6.69. The summed E-state index contributed by atoms with van der Waals surface area (Å²) in [5.41, 5.74) is 0.958. The largest absolute Gasteiger partial charge is 0.339 e. The Hall–Kier alpha value is -2.39. The van der Waals surface area contributed by atoms with Gasteiger partial charge in [-0.05, 0) is 54.1 Å². The molecule has 1 amide bonds. The lowest BCUT2D eigenvalue weighted by molar-refractivity contribution is -0.133. The molecule has 150 valence electrons. The summed E-state index contributed by atoms with van der Waals surface area (Å²) >= 11 is 0. The molecular formula is C19H26FN7O. The second-order valence-corrected chi connectivity index (χ2v) is 7.52. The van der Waals surface area contributed by atoms with Crippen molar-refractivity contribution in [2.75, 3.05) is 39.3 Å². The number of piperazine rings is 1. The molecular weight excluding hydrogens is 361 g/mol. The summed E-state index contributed by atoms with van der Waals surface area (Å²) in [6.45, 7) is 6.59. The number of likely N-dealkylation sites (tertiary alicyclic amines) is 1. The van der Waals surface area contributed by atoms with E-state index < -0.39 is 0 Å². The van der Waals surface area contributed by atoms with Crippen molar-refractivity contribution in [2.45, 2.75) is 32.5 Å². The van der Waals surface area contributed by atoms with E-state index in [9.17, 15) is 9.18 Å². The minimum atomic E-state index is -0.211. The van der Waals surface area contributed by atoms with Gasteiger partial charge in [0.15, 0.2) is 5.82 Å². The van der Waals surface area contributed by atoms with Crippen LogP contribution in [0.2, 0.25) is 0 Å². The quantitative estimate of drug-likeness (QED) is 0.729. The number of nitrogens with zero attached hydrogens (tertiary/aromatic N) is 7. The Balaban J connectivity index is 1.27. The number of amides is 1. The number of tetrazole rings is 1. The van der Waals surface area contributed by atoms with E-state index in [-0.39, 0.29) is 18.3 Å². The third kappa shape index (κ3) is 4.71. The highest BCUT2D eigenvalue weighted by atomic mass is 19.1. The zero-order valence-corrected chi connectivity index (χ0v) is 16.0. The van der Waals surface area contributed by atoms with Crippen molar-refractivity contribution in [1.29, 1.82) is 0 Å². The van der Waals surface area contributed by atoms with Crippen molar-refractivity contribution in [3.8, 4) is 0 Å². The normalized spacial score (nSPS) is 18.7. The van der Waals surface area contributed by atoms with Crippen LogP contribution in [0.15, 0.2) is 24.3 Å². The summed E-state index contributed by atoms with van der Waals surface area (Å²) in [5, 5.41) is 11.9. The van der Waals surface area contributed by atoms with Gasteiger partial charge in [0.1, 0.15) is 12.4 Å². The lowest BCUT2D eigenvalue weighted by Gasteiger charge is -2.34. The van der Waals surface area contributed by atoms with Gasteiger partial charge >= 0.3 is 0 Å². The number of halogens is 1. The summed E-state index contributed by atoms with van der Waals surface area (Å²) in [6.07, 6.45) is 2.42. The van der Waals surface area contributed by atoms with E-state index in [1.807, 2.05) is 11.0 Å². The fourth-order valence-electron chi connectivity index (χ4n) is 3.88. The van der Waals surface area contributed by atoms with Crippen LogP contribution in [0.4, 0.5) is 4.39 Å². The summed E-state index contributed by atoms with van der Waals surface area (Å²) in [5.74, 6) is 0.581. The van der Waals surface area contributed by atoms with E-state index >= 15 is 0 Å². The highest BCUT2D eigenvalue weighted by molar-refractivity contribution is 5.76. The molecule has 4 rings (SSSR count). The van der Waals surface area contributed by atoms with Crippen LogP contribution in [-0.4, -0.2) is 80.1 Å². The minimum Gasteiger partial charge on any atom is -0.339 e. The SMILES string of the molecule is O=C(Cn1nnnc1CN1CCCC1)N1CCN(Cc2cccc(F)c2)CC1. The molecule has 9 heteroatoms. The maximum absolute atomic E-state index is 13.3. The Kier molecular flexibility index (Phi) is 5.92. The average molecular weight is 387 g/mol. The zero-order valence-electron chi connectivity index (χ0n) is 16.0. The molecule has 0 radical (unpaired) electrons. The number of carbonyl (C=O) groups is 1. The maximum atomic E-state index is 13.3. The van der Waals surface area contributed by atoms with Crippen LogP contribution in [0.3, 0.4) is 0 Å². The van der Waals surface area contributed by atoms with Gasteiger partial charge in [-0.2, -0.15) is 0 Å². The molecule has 0 atom stereocenters. The molecule has 0 aliphatic carbocycles. The van der Waals surface area contributed by atoms with Gasteiger partial charge in [0.2, 0.25) is 5.91 Å². The molecule has 0 spiro atoms. The summed E-state index contributed by atoms with van der Waals surface area (Å²) in [4.78, 5) is 19.1. The van der Waals surface area contributed by atoms with Gasteiger partial charge in [-0.1, -0.05) is 12.1 Å². The van der Waals surface area contributed by atoms with E-state index in [1.165, 1.54) is 18.9 Å². The zero-order chi connectivity index (χ0) is 19.3. The summed E-state index contributed by atoms with van der Waals surface area (Å²) < 4.78 is 15.0. The molecule has 0 bridgehead atoms. The van der Waals surface area contributed by atoms with Crippen LogP contribution in [0.5, 0.6) is 0 Å². The Morgan fingerprint density at radius 3 is 2.50 bits per heavy atom. The van der Waals surface area contributed by atoms with Gasteiger partial charge in [0.05, 0.1) is 6.54 Å². The first kappa shape index (κ1) is 18.9. The Labute approximate surface area is 163 Å². The number of benzene rings is 1. The standard InChI is InChI=1S/C19H26FN7O/c20-17-5-3-4-16(12-17)13-25-8-10-26(11-9-25)19(28)15-27-18(21-22-23-27)14-24-6-1-2-7-24/h3-5,12H,1-2,6-11,13-15H2. The van der Waals surface area contributed by atoms with E-state index in [4.69, 9.17) is 0 Å². The molecule has 2 aromatic rings. The molecule has 2 saturated heterocycles. The molecule has 0 N–H and O–H groups in total. The summed E-state index contributed by atoms with van der Waals surface area (Å²) in [7, 11) is 0. The van der Waals surface area contributed by atoms with E-state index in [0.29, 0.717) is 26.2 Å². The Morgan fingerprint density at radius 2 is 1.75 bits per heavy atom. The molecule has 8 nitrogen and oxygen atoms in total. The van der Waals surface area contributed by atoms with Crippen LogP contribution >= 0.6 is 0 Å². The first-order chi connectivity index (χ1) is 13.7. The number of aromatic nitrogens is 4. The van der Waals surface area contributed by atoms with Crippen LogP contribution in [0, 0.1) is 5.82 Å². The van der Waals surface area contributed by atoms with Crippen molar-refractivity contribution < 1.29 is 9.18 Å². The van der Waals surface area contributed by atoms with E-state index in [0.717, 1.165) is 37.6 Å². The molecule has 3 heterocycles. The molecule has 2 aliphatic heterocycles. The van der Waals surface area contributed by atoms with Gasteiger partial charge in [0, 0.05) is 32.7 Å². The van der Waals surface area contributed by atoms with Crippen LogP contribution in [-0.2, 0) is 24.4 Å². The van der Waals surface area contributed by atoms with Crippen LogP contribution < -0.4 is 0 Å². The third-order valence-corrected chi connectivity index (χ3v) is 5.48. The van der Waals surface area contributed by atoms with Gasteiger partial charge in [-0.3, -0.25) is 14.6 Å². The number of rotatable bonds is 6. The molecule has 0 unspecified atom stereocenters. The molecule has 28 heavy (non-hydrogen) atoms. The first-order valence-electron chi connectivity index (χ1n) is 9.89. The monoisotopic (exact) mass is 387 g/mol. The van der Waals surface area contributed by atoms with Gasteiger partial charge < -0.3 is 4.90 Å². The molecule has 1 aromatic heterocycles. The molecule has 0 saturated carbocycles. The number of carbonyl (C=O) groups excluding carboxylic acids is 1. The van der Waals surface area contributed by atoms with Crippen molar-refractivity contribution in [3.63, 3.8) is 0 Å². The second kappa shape index (κ2) is 8.74. The molecule has 2 fully saturated rings. The van der Waals surface area contributed by atoms with Crippen molar-refractivity contribution in [2.24, 2.45) is 0 Å². The van der Waals surface area contributed by atoms with Gasteiger partial charge in [-0.15, -0.1) is 5.10 Å². The van der Waals surface area contributed by atoms with Crippen LogP contribution in [0.1, 0.15) is 24.2 Å². The lowest BCUT2D eigenvalue weighted by atomic mass is 10.2. The number of hydrogen-bond acceptors (Lipinski definition) is 6. The van der Waals surface area contributed by atoms with Crippen molar-refractivity contribution in [1.82, 2.24) is 34.9 Å². The fraction of sp³-hybridized carbons (Fsp3) is 0.579. The smallest absolute Gasteiger partial charge is 0.244 e. The van der Waals surface area contributed by atoms with Crippen molar-refractivity contribution in [3.05, 3.63) is 41.5 Å². The first-order valence-corrected chi connectivity index (χ1v) is 9.89. The predicted octanol–water partition coefficient (Wildman–Crippen LogP) is 0.752. The number of hydrogen-bond donors (Lipinski definition) is 0. The molecule has 1 aromatic carbocycles. The maximum Gasteiger partial charge on any atom is 0.244 e. The van der Waals surface area contributed by atoms with Gasteiger partial charge in [-0.25, -0.2) is 9.07 Å². The fourth-order valence-corrected chi connectivity index (χ4v) is 3.88. The van der Waals surface area contributed by atoms with Crippen molar-refractivity contribution >= 4 is 5.91 Å². The van der Waals surface area contributed by atoms with E-state index in [2.05, 4.69) is 25.3 Å². The van der Waals surface area contributed by atoms with E-state index in [1.54, 1.807) is 16.8 Å². The highest BCUT2D eigenvalue weighted by Crippen LogP contribution is 2.12.